The van der Waals surface area contributed by atoms with Crippen molar-refractivity contribution in [3.05, 3.63) is 58.5 Å². The molecule has 5 heteroatoms. The fourth-order valence-electron chi connectivity index (χ4n) is 2.54. The molecule has 0 fully saturated rings. The van der Waals surface area contributed by atoms with E-state index in [9.17, 15) is 0 Å². The first-order chi connectivity index (χ1) is 10.7. The molecule has 4 nitrogen and oxygen atoms in total. The summed E-state index contributed by atoms with van der Waals surface area (Å²) in [6.45, 7) is 2.88. The lowest BCUT2D eigenvalue weighted by atomic mass is 10.1. The number of aliphatic hydroxyl groups is 1. The van der Waals surface area contributed by atoms with Crippen LogP contribution < -0.4 is 0 Å². The third-order valence-electron chi connectivity index (χ3n) is 3.62. The number of benzene rings is 1. The second-order valence-electron chi connectivity index (χ2n) is 5.42. The summed E-state index contributed by atoms with van der Waals surface area (Å²) in [4.78, 5) is 9.24. The van der Waals surface area contributed by atoms with Crippen LogP contribution in [0.5, 0.6) is 0 Å². The van der Waals surface area contributed by atoms with Gasteiger partial charge in [-0.3, -0.25) is 0 Å². The number of aromatic nitrogens is 3. The van der Waals surface area contributed by atoms with E-state index in [0.29, 0.717) is 13.0 Å². The summed E-state index contributed by atoms with van der Waals surface area (Å²) >= 11 is 5.94. The first-order valence-corrected chi connectivity index (χ1v) is 7.72. The Morgan fingerprint density at radius 3 is 2.73 bits per heavy atom. The Balaban J connectivity index is 2.00. The minimum Gasteiger partial charge on any atom is -0.396 e. The van der Waals surface area contributed by atoms with Crippen molar-refractivity contribution in [2.24, 2.45) is 0 Å². The molecule has 0 radical (unpaired) electrons. The van der Waals surface area contributed by atoms with Crippen LogP contribution in [-0.4, -0.2) is 26.2 Å². The number of aliphatic hydroxyl groups excluding tert-OH is 1. The highest BCUT2D eigenvalue weighted by Gasteiger charge is 2.12. The maximum atomic E-state index is 9.12. The molecule has 0 aliphatic carbocycles. The third kappa shape index (κ3) is 3.13. The number of hydrogen-bond acceptors (Lipinski definition) is 3. The molecule has 0 unspecified atom stereocenters. The molecule has 114 valence electrons. The van der Waals surface area contributed by atoms with E-state index < -0.39 is 0 Å². The van der Waals surface area contributed by atoms with Crippen LogP contribution in [0.25, 0.3) is 11.2 Å². The molecule has 1 N–H and O–H groups in total. The summed E-state index contributed by atoms with van der Waals surface area (Å²) in [6, 6.07) is 9.84. The topological polar surface area (TPSA) is 50.9 Å². The van der Waals surface area contributed by atoms with Crippen molar-refractivity contribution in [1.29, 1.82) is 0 Å². The van der Waals surface area contributed by atoms with Gasteiger partial charge in [0.1, 0.15) is 11.3 Å². The minimum atomic E-state index is 0.159. The van der Waals surface area contributed by atoms with Crippen molar-refractivity contribution in [3.63, 3.8) is 0 Å². The summed E-state index contributed by atoms with van der Waals surface area (Å²) in [5.41, 5.74) is 4.03. The van der Waals surface area contributed by atoms with E-state index in [0.717, 1.165) is 39.6 Å². The Bertz CT molecular complexity index is 780. The first-order valence-electron chi connectivity index (χ1n) is 7.34. The average Bonchev–Trinajstić information content (AvgIpc) is 2.83. The van der Waals surface area contributed by atoms with Gasteiger partial charge in [-0.2, -0.15) is 0 Å². The molecule has 0 aliphatic heterocycles. The zero-order valence-electron chi connectivity index (χ0n) is 12.5. The van der Waals surface area contributed by atoms with Crippen molar-refractivity contribution >= 4 is 22.8 Å². The van der Waals surface area contributed by atoms with Crippen LogP contribution in [0.3, 0.4) is 0 Å². The molecule has 0 saturated heterocycles. The average molecular weight is 316 g/mol. The lowest BCUT2D eigenvalue weighted by Gasteiger charge is -2.08. The Hall–Kier alpha value is -1.91. The predicted molar refractivity (Wildman–Crippen MR) is 88.2 cm³/mol. The van der Waals surface area contributed by atoms with Gasteiger partial charge in [0, 0.05) is 30.8 Å². The standard InChI is InChI=1S/C17H18ClN3O/c1-12-9-15-17(19-11-12)21(7-2-8-22)16(20-15)10-13-3-5-14(18)6-4-13/h3-6,9,11,22H,2,7-8,10H2,1H3. The van der Waals surface area contributed by atoms with Crippen molar-refractivity contribution < 1.29 is 5.11 Å². The molecule has 3 rings (SSSR count). The Morgan fingerprint density at radius 1 is 1.23 bits per heavy atom. The molecule has 0 spiro atoms. The van der Waals surface area contributed by atoms with Crippen molar-refractivity contribution in [1.82, 2.24) is 14.5 Å². The molecular formula is C17H18ClN3O. The van der Waals surface area contributed by atoms with Gasteiger partial charge >= 0.3 is 0 Å². The quantitative estimate of drug-likeness (QED) is 0.785. The Labute approximate surface area is 134 Å². The zero-order valence-corrected chi connectivity index (χ0v) is 13.2. The molecule has 1 aromatic carbocycles. The van der Waals surface area contributed by atoms with E-state index in [1.807, 2.05) is 43.5 Å². The molecule has 0 aliphatic rings. The fraction of sp³-hybridized carbons (Fsp3) is 0.294. The molecule has 2 aromatic heterocycles. The summed E-state index contributed by atoms with van der Waals surface area (Å²) in [6.07, 6.45) is 3.26. The number of hydrogen-bond donors (Lipinski definition) is 1. The predicted octanol–water partition coefficient (Wildman–Crippen LogP) is 3.37. The number of imidazole rings is 1. The highest BCUT2D eigenvalue weighted by Crippen LogP contribution is 2.19. The summed E-state index contributed by atoms with van der Waals surface area (Å²) in [5.74, 6) is 0.962. The number of halogens is 1. The van der Waals surface area contributed by atoms with Gasteiger partial charge in [0.25, 0.3) is 0 Å². The second kappa shape index (κ2) is 6.46. The summed E-state index contributed by atoms with van der Waals surface area (Å²) in [7, 11) is 0. The smallest absolute Gasteiger partial charge is 0.160 e. The number of nitrogens with zero attached hydrogens (tertiary/aromatic N) is 3. The summed E-state index contributed by atoms with van der Waals surface area (Å²) < 4.78 is 2.10. The second-order valence-corrected chi connectivity index (χ2v) is 5.85. The molecule has 0 saturated carbocycles. The lowest BCUT2D eigenvalue weighted by molar-refractivity contribution is 0.280. The van der Waals surface area contributed by atoms with E-state index in [1.54, 1.807) is 0 Å². The van der Waals surface area contributed by atoms with E-state index in [-0.39, 0.29) is 6.61 Å². The van der Waals surface area contributed by atoms with Crippen LogP contribution in [-0.2, 0) is 13.0 Å². The van der Waals surface area contributed by atoms with Crippen LogP contribution >= 0.6 is 11.6 Å². The minimum absolute atomic E-state index is 0.159. The fourth-order valence-corrected chi connectivity index (χ4v) is 2.67. The SMILES string of the molecule is Cc1cnc2c(c1)nc(Cc1ccc(Cl)cc1)n2CCCO. The maximum absolute atomic E-state index is 9.12. The van der Waals surface area contributed by atoms with Gasteiger partial charge in [-0.1, -0.05) is 23.7 Å². The molecule has 2 heterocycles. The normalized spacial score (nSPS) is 11.2. The summed E-state index contributed by atoms with van der Waals surface area (Å²) in [5, 5.41) is 9.85. The molecule has 3 aromatic rings. The van der Waals surface area contributed by atoms with E-state index >= 15 is 0 Å². The molecular weight excluding hydrogens is 298 g/mol. The van der Waals surface area contributed by atoms with Gasteiger partial charge in [-0.05, 0) is 42.7 Å². The van der Waals surface area contributed by atoms with Gasteiger partial charge < -0.3 is 9.67 Å². The van der Waals surface area contributed by atoms with Gasteiger partial charge in [0.15, 0.2) is 5.65 Å². The van der Waals surface area contributed by atoms with Gasteiger partial charge in [-0.25, -0.2) is 9.97 Å². The van der Waals surface area contributed by atoms with Crippen LogP contribution in [0.15, 0.2) is 36.5 Å². The van der Waals surface area contributed by atoms with Crippen LogP contribution in [0, 0.1) is 6.92 Å². The van der Waals surface area contributed by atoms with Crippen molar-refractivity contribution in [3.8, 4) is 0 Å². The Kier molecular flexibility index (Phi) is 4.41. The van der Waals surface area contributed by atoms with Crippen molar-refractivity contribution in [2.45, 2.75) is 26.3 Å². The number of pyridine rings is 1. The molecule has 22 heavy (non-hydrogen) atoms. The van der Waals surface area contributed by atoms with E-state index in [2.05, 4.69) is 9.55 Å². The van der Waals surface area contributed by atoms with Crippen LogP contribution in [0.4, 0.5) is 0 Å². The van der Waals surface area contributed by atoms with Gasteiger partial charge in [0.05, 0.1) is 0 Å². The molecule has 0 bridgehead atoms. The largest absolute Gasteiger partial charge is 0.396 e. The van der Waals surface area contributed by atoms with Crippen molar-refractivity contribution in [2.75, 3.05) is 6.61 Å². The van der Waals surface area contributed by atoms with Gasteiger partial charge in [0.2, 0.25) is 0 Å². The number of rotatable bonds is 5. The highest BCUT2D eigenvalue weighted by molar-refractivity contribution is 6.30. The van der Waals surface area contributed by atoms with Crippen LogP contribution in [0.1, 0.15) is 23.4 Å². The Morgan fingerprint density at radius 2 is 2.00 bits per heavy atom. The monoisotopic (exact) mass is 315 g/mol. The lowest BCUT2D eigenvalue weighted by Crippen LogP contribution is -2.07. The first kappa shape index (κ1) is 15.0. The number of aryl methyl sites for hydroxylation is 2. The number of fused-ring (bicyclic) bond motifs is 1. The van der Waals surface area contributed by atoms with E-state index in [4.69, 9.17) is 21.7 Å². The van der Waals surface area contributed by atoms with Crippen LogP contribution in [0.2, 0.25) is 5.02 Å². The maximum Gasteiger partial charge on any atom is 0.160 e. The van der Waals surface area contributed by atoms with Gasteiger partial charge in [-0.15, -0.1) is 0 Å². The highest BCUT2D eigenvalue weighted by atomic mass is 35.5. The third-order valence-corrected chi connectivity index (χ3v) is 3.87. The van der Waals surface area contributed by atoms with E-state index in [1.165, 1.54) is 0 Å². The molecule has 0 atom stereocenters. The zero-order chi connectivity index (χ0) is 15.5. The molecule has 0 amide bonds.